The summed E-state index contributed by atoms with van der Waals surface area (Å²) in [5.41, 5.74) is 0.704. The molecule has 1 amide bonds. The summed E-state index contributed by atoms with van der Waals surface area (Å²) < 4.78 is 5.47. The van der Waals surface area contributed by atoms with Crippen LogP contribution in [-0.4, -0.2) is 27.0 Å². The Kier molecular flexibility index (Phi) is 4.45. The summed E-state index contributed by atoms with van der Waals surface area (Å²) >= 11 is 0. The Morgan fingerprint density at radius 2 is 1.81 bits per heavy atom. The number of anilines is 1. The van der Waals surface area contributed by atoms with Gasteiger partial charge in [0.1, 0.15) is 12.4 Å². The average Bonchev–Trinajstić information content (AvgIpc) is 2.46. The van der Waals surface area contributed by atoms with E-state index in [1.807, 2.05) is 0 Å². The van der Waals surface area contributed by atoms with Gasteiger partial charge in [-0.15, -0.1) is 0 Å². The number of carboxylic acids is 1. The fraction of sp³-hybridized carbons (Fsp3) is 0.143. The quantitative estimate of drug-likeness (QED) is 0.868. The summed E-state index contributed by atoms with van der Waals surface area (Å²) in [5.74, 6) is -0.243. The second kappa shape index (κ2) is 6.47. The van der Waals surface area contributed by atoms with Crippen molar-refractivity contribution in [3.05, 3.63) is 48.0 Å². The molecule has 1 heterocycles. The van der Waals surface area contributed by atoms with Crippen LogP contribution in [0.15, 0.2) is 36.7 Å². The number of hydrogen-bond acceptors (Lipinski definition) is 5. The molecule has 21 heavy (non-hydrogen) atoms. The third-order valence-corrected chi connectivity index (χ3v) is 2.49. The molecule has 0 atom stereocenters. The smallest absolute Gasteiger partial charge is 0.338 e. The van der Waals surface area contributed by atoms with Crippen LogP contribution in [0.1, 0.15) is 23.1 Å². The number of aromatic carboxylic acids is 1. The van der Waals surface area contributed by atoms with Gasteiger partial charge in [0, 0.05) is 25.0 Å². The zero-order valence-electron chi connectivity index (χ0n) is 11.2. The Morgan fingerprint density at radius 1 is 1.19 bits per heavy atom. The molecule has 2 N–H and O–H groups in total. The van der Waals surface area contributed by atoms with Crippen molar-refractivity contribution in [3.63, 3.8) is 0 Å². The molecule has 0 unspecified atom stereocenters. The maximum absolute atomic E-state index is 10.9. The predicted molar refractivity (Wildman–Crippen MR) is 74.1 cm³/mol. The van der Waals surface area contributed by atoms with E-state index in [0.717, 1.165) is 0 Å². The summed E-state index contributed by atoms with van der Waals surface area (Å²) in [6.07, 6.45) is 2.46. The molecule has 2 rings (SSSR count). The second-order valence-electron chi connectivity index (χ2n) is 4.19. The van der Waals surface area contributed by atoms with Gasteiger partial charge in [0.25, 0.3) is 0 Å². The van der Waals surface area contributed by atoms with Gasteiger partial charge in [0.15, 0.2) is 5.82 Å². The maximum atomic E-state index is 10.9. The zero-order valence-corrected chi connectivity index (χ0v) is 11.2. The number of amides is 1. The molecule has 0 aliphatic rings. The number of benzene rings is 1. The summed E-state index contributed by atoms with van der Waals surface area (Å²) in [4.78, 5) is 29.3. The van der Waals surface area contributed by atoms with Crippen LogP contribution < -0.4 is 10.1 Å². The topological polar surface area (TPSA) is 101 Å². The highest BCUT2D eigenvalue weighted by atomic mass is 16.5. The number of carboxylic acid groups (broad SMARTS) is 1. The standard InChI is InChI=1S/C14H13N3O4/c1-9(18)17-11-2-4-12(5-3-11)21-8-13-15-6-10(7-16-13)14(19)20/h2-7H,8H2,1H3,(H,17,18)(H,19,20). The van der Waals surface area contributed by atoms with Gasteiger partial charge in [-0.05, 0) is 24.3 Å². The minimum atomic E-state index is -1.07. The van der Waals surface area contributed by atoms with Crippen LogP contribution in [-0.2, 0) is 11.4 Å². The van der Waals surface area contributed by atoms with Gasteiger partial charge in [0.2, 0.25) is 5.91 Å². The van der Waals surface area contributed by atoms with E-state index in [1.165, 1.54) is 19.3 Å². The van der Waals surface area contributed by atoms with Crippen molar-refractivity contribution >= 4 is 17.6 Å². The third-order valence-electron chi connectivity index (χ3n) is 2.49. The Labute approximate surface area is 120 Å². The molecule has 7 nitrogen and oxygen atoms in total. The fourth-order valence-corrected chi connectivity index (χ4v) is 1.53. The molecule has 0 radical (unpaired) electrons. The van der Waals surface area contributed by atoms with E-state index in [0.29, 0.717) is 17.3 Å². The summed E-state index contributed by atoms with van der Waals surface area (Å²) in [7, 11) is 0. The number of ether oxygens (including phenoxy) is 1. The normalized spacial score (nSPS) is 9.95. The molecule has 108 valence electrons. The van der Waals surface area contributed by atoms with Gasteiger partial charge in [-0.25, -0.2) is 14.8 Å². The first-order valence-electron chi connectivity index (χ1n) is 6.09. The van der Waals surface area contributed by atoms with Crippen LogP contribution in [0.2, 0.25) is 0 Å². The molecule has 0 saturated heterocycles. The lowest BCUT2D eigenvalue weighted by Gasteiger charge is -2.07. The van der Waals surface area contributed by atoms with Crippen LogP contribution in [0.4, 0.5) is 5.69 Å². The Morgan fingerprint density at radius 3 is 2.33 bits per heavy atom. The van der Waals surface area contributed by atoms with E-state index in [2.05, 4.69) is 15.3 Å². The molecule has 0 fully saturated rings. The van der Waals surface area contributed by atoms with Gasteiger partial charge in [-0.1, -0.05) is 0 Å². The third kappa shape index (κ3) is 4.27. The van der Waals surface area contributed by atoms with Crippen molar-refractivity contribution in [3.8, 4) is 5.75 Å². The number of hydrogen-bond donors (Lipinski definition) is 2. The molecule has 0 saturated carbocycles. The Hall–Kier alpha value is -2.96. The van der Waals surface area contributed by atoms with Crippen LogP contribution in [0.3, 0.4) is 0 Å². The lowest BCUT2D eigenvalue weighted by molar-refractivity contribution is -0.114. The highest BCUT2D eigenvalue weighted by Crippen LogP contribution is 2.16. The Bertz CT molecular complexity index is 638. The number of carbonyl (C=O) groups is 2. The first-order chi connectivity index (χ1) is 10.0. The summed E-state index contributed by atoms with van der Waals surface area (Å²) in [5, 5.41) is 11.4. The van der Waals surface area contributed by atoms with Crippen LogP contribution in [0.25, 0.3) is 0 Å². The molecule has 7 heteroatoms. The van der Waals surface area contributed by atoms with Crippen molar-refractivity contribution in [2.24, 2.45) is 0 Å². The van der Waals surface area contributed by atoms with E-state index in [1.54, 1.807) is 24.3 Å². The fourth-order valence-electron chi connectivity index (χ4n) is 1.53. The summed E-state index contributed by atoms with van der Waals surface area (Å²) in [6, 6.07) is 6.84. The molecule has 0 spiro atoms. The molecule has 1 aromatic carbocycles. The average molecular weight is 287 g/mol. The van der Waals surface area contributed by atoms with Crippen molar-refractivity contribution < 1.29 is 19.4 Å². The van der Waals surface area contributed by atoms with Crippen LogP contribution >= 0.6 is 0 Å². The van der Waals surface area contributed by atoms with Crippen molar-refractivity contribution in [2.75, 3.05) is 5.32 Å². The van der Waals surface area contributed by atoms with Crippen molar-refractivity contribution in [1.29, 1.82) is 0 Å². The minimum absolute atomic E-state index is 0.0263. The van der Waals surface area contributed by atoms with Crippen LogP contribution in [0.5, 0.6) is 5.75 Å². The Balaban J connectivity index is 1.93. The minimum Gasteiger partial charge on any atom is -0.486 e. The van der Waals surface area contributed by atoms with Gasteiger partial charge in [-0.2, -0.15) is 0 Å². The predicted octanol–water partition coefficient (Wildman–Crippen LogP) is 1.71. The SMILES string of the molecule is CC(=O)Nc1ccc(OCc2ncc(C(=O)O)cn2)cc1. The molecule has 2 aromatic rings. The van der Waals surface area contributed by atoms with E-state index >= 15 is 0 Å². The van der Waals surface area contributed by atoms with Crippen molar-refractivity contribution in [1.82, 2.24) is 9.97 Å². The molecular weight excluding hydrogens is 274 g/mol. The highest BCUT2D eigenvalue weighted by molar-refractivity contribution is 5.88. The largest absolute Gasteiger partial charge is 0.486 e. The first kappa shape index (κ1) is 14.4. The van der Waals surface area contributed by atoms with E-state index in [9.17, 15) is 9.59 Å². The van der Waals surface area contributed by atoms with Gasteiger partial charge in [0.05, 0.1) is 5.56 Å². The molecular formula is C14H13N3O4. The zero-order chi connectivity index (χ0) is 15.2. The first-order valence-corrected chi connectivity index (χ1v) is 6.09. The molecule has 0 aliphatic carbocycles. The monoisotopic (exact) mass is 287 g/mol. The van der Waals surface area contributed by atoms with E-state index in [4.69, 9.17) is 9.84 Å². The number of nitrogens with zero attached hydrogens (tertiary/aromatic N) is 2. The number of rotatable bonds is 5. The van der Waals surface area contributed by atoms with Crippen LogP contribution in [0, 0.1) is 0 Å². The lowest BCUT2D eigenvalue weighted by atomic mass is 10.3. The van der Waals surface area contributed by atoms with Gasteiger partial charge < -0.3 is 15.2 Å². The van der Waals surface area contributed by atoms with Crippen molar-refractivity contribution in [2.45, 2.75) is 13.5 Å². The maximum Gasteiger partial charge on any atom is 0.338 e. The van der Waals surface area contributed by atoms with E-state index in [-0.39, 0.29) is 18.1 Å². The second-order valence-corrected chi connectivity index (χ2v) is 4.19. The van der Waals surface area contributed by atoms with E-state index < -0.39 is 5.97 Å². The highest BCUT2D eigenvalue weighted by Gasteiger charge is 2.05. The molecule has 0 bridgehead atoms. The summed E-state index contributed by atoms with van der Waals surface area (Å²) in [6.45, 7) is 1.56. The number of carbonyl (C=O) groups excluding carboxylic acids is 1. The molecule has 1 aromatic heterocycles. The van der Waals surface area contributed by atoms with Gasteiger partial charge >= 0.3 is 5.97 Å². The molecule has 0 aliphatic heterocycles. The lowest BCUT2D eigenvalue weighted by Crippen LogP contribution is -2.06. The number of nitrogens with one attached hydrogen (secondary N) is 1. The number of aromatic nitrogens is 2. The van der Waals surface area contributed by atoms with Gasteiger partial charge in [-0.3, -0.25) is 4.79 Å².